The number of fused-ring (bicyclic) bond motifs is 1. The Balaban J connectivity index is 1.77. The van der Waals surface area contributed by atoms with Crippen molar-refractivity contribution in [1.82, 2.24) is 19.0 Å². The van der Waals surface area contributed by atoms with Crippen LogP contribution in [-0.2, 0) is 18.4 Å². The summed E-state index contributed by atoms with van der Waals surface area (Å²) in [7, 11) is 1.60. The van der Waals surface area contributed by atoms with Crippen LogP contribution in [0.5, 0.6) is 0 Å². The van der Waals surface area contributed by atoms with Gasteiger partial charge < -0.3 is 4.90 Å². The number of hydrogen-bond donors (Lipinski definition) is 0. The number of carbonyl (C=O) groups is 1. The van der Waals surface area contributed by atoms with Crippen LogP contribution in [0.4, 0.5) is 8.78 Å². The molecule has 0 radical (unpaired) electrons. The Bertz CT molecular complexity index is 1050. The Hall–Kier alpha value is -2.55. The average molecular weight is 378 g/mol. The minimum atomic E-state index is -2.53. The molecule has 0 aliphatic carbocycles. The highest BCUT2D eigenvalue weighted by Crippen LogP contribution is 2.32. The highest BCUT2D eigenvalue weighted by molar-refractivity contribution is 7.13. The smallest absolute Gasteiger partial charge is 0.330 e. The maximum absolute atomic E-state index is 12.8. The molecule has 3 aromatic heterocycles. The van der Waals surface area contributed by atoms with E-state index in [1.54, 1.807) is 24.2 Å². The second-order valence-electron chi connectivity index (χ2n) is 6.27. The predicted octanol–water partition coefficient (Wildman–Crippen LogP) is 2.63. The second-order valence-corrected chi connectivity index (χ2v) is 7.19. The van der Waals surface area contributed by atoms with Gasteiger partial charge in [-0.25, -0.2) is 18.6 Å². The molecule has 0 saturated carbocycles. The maximum atomic E-state index is 12.8. The molecule has 1 aliphatic heterocycles. The van der Waals surface area contributed by atoms with Crippen molar-refractivity contribution in [3.05, 3.63) is 39.8 Å². The summed E-state index contributed by atoms with van der Waals surface area (Å²) in [5, 5.41) is 1.41. The van der Waals surface area contributed by atoms with Gasteiger partial charge in [0.15, 0.2) is 5.65 Å². The van der Waals surface area contributed by atoms with Gasteiger partial charge in [-0.2, -0.15) is 0 Å². The number of imidazole rings is 1. The maximum Gasteiger partial charge on any atom is 0.330 e. The van der Waals surface area contributed by atoms with Crippen LogP contribution in [0.1, 0.15) is 18.4 Å². The summed E-state index contributed by atoms with van der Waals surface area (Å²) in [6.07, 6.45) is 0.0118. The first-order valence-corrected chi connectivity index (χ1v) is 9.03. The Kier molecular flexibility index (Phi) is 4.10. The third-order valence-corrected chi connectivity index (χ3v) is 5.63. The number of aryl methyl sites for hydroxylation is 1. The number of alkyl halides is 2. The number of nitrogens with zero attached hydrogens (tertiary/aromatic N) is 4. The summed E-state index contributed by atoms with van der Waals surface area (Å²) >= 11 is 1.20. The van der Waals surface area contributed by atoms with Crippen molar-refractivity contribution in [2.24, 2.45) is 7.05 Å². The molecule has 4 heterocycles. The number of rotatable bonds is 4. The Labute approximate surface area is 151 Å². The number of likely N-dealkylation sites (tertiary alicyclic amines) is 1. The molecule has 1 amide bonds. The van der Waals surface area contributed by atoms with Crippen LogP contribution in [-0.4, -0.2) is 38.0 Å². The average Bonchev–Trinajstić information content (AvgIpc) is 3.14. The largest absolute Gasteiger partial charge is 0.341 e. The molecule has 0 unspecified atom stereocenters. The molecule has 0 spiro atoms. The lowest BCUT2D eigenvalue weighted by molar-refractivity contribution is -0.135. The van der Waals surface area contributed by atoms with Gasteiger partial charge in [0.2, 0.25) is 5.91 Å². The number of carbonyl (C=O) groups excluding carboxylic acids is 1. The summed E-state index contributed by atoms with van der Waals surface area (Å²) in [5.41, 5.74) is 1.27. The minimum Gasteiger partial charge on any atom is -0.341 e. The van der Waals surface area contributed by atoms with E-state index in [1.807, 2.05) is 0 Å². The summed E-state index contributed by atoms with van der Waals surface area (Å²) in [5.74, 6) is -0.104. The lowest BCUT2D eigenvalue weighted by Crippen LogP contribution is -2.44. The molecule has 1 fully saturated rings. The molecular weight excluding hydrogens is 362 g/mol. The number of pyridine rings is 1. The lowest BCUT2D eigenvalue weighted by Gasteiger charge is -2.30. The topological polar surface area (TPSA) is 60.1 Å². The van der Waals surface area contributed by atoms with Gasteiger partial charge >= 0.3 is 5.69 Å². The molecule has 1 aliphatic rings. The van der Waals surface area contributed by atoms with Gasteiger partial charge in [-0.05, 0) is 18.6 Å². The van der Waals surface area contributed by atoms with Crippen LogP contribution < -0.4 is 5.69 Å². The predicted molar refractivity (Wildman–Crippen MR) is 94.4 cm³/mol. The van der Waals surface area contributed by atoms with Crippen molar-refractivity contribution in [2.75, 3.05) is 13.1 Å². The van der Waals surface area contributed by atoms with E-state index < -0.39 is 6.43 Å². The van der Waals surface area contributed by atoms with Gasteiger partial charge in [-0.15, -0.1) is 11.3 Å². The molecule has 0 bridgehead atoms. The third kappa shape index (κ3) is 2.72. The highest BCUT2D eigenvalue weighted by atomic mass is 32.1. The van der Waals surface area contributed by atoms with Crippen molar-refractivity contribution in [3.63, 3.8) is 0 Å². The third-order valence-electron chi connectivity index (χ3n) is 4.63. The molecule has 0 aromatic carbocycles. The van der Waals surface area contributed by atoms with E-state index >= 15 is 0 Å². The molecule has 136 valence electrons. The fourth-order valence-electron chi connectivity index (χ4n) is 2.98. The zero-order valence-corrected chi connectivity index (χ0v) is 14.8. The molecular formula is C17H16F2N4O2S. The van der Waals surface area contributed by atoms with Crippen LogP contribution >= 0.6 is 11.3 Å². The van der Waals surface area contributed by atoms with Crippen molar-refractivity contribution >= 4 is 28.4 Å². The van der Waals surface area contributed by atoms with Gasteiger partial charge in [0.25, 0.3) is 6.43 Å². The van der Waals surface area contributed by atoms with Gasteiger partial charge in [0.1, 0.15) is 6.54 Å². The van der Waals surface area contributed by atoms with E-state index in [2.05, 4.69) is 4.98 Å². The molecule has 1 saturated heterocycles. The van der Waals surface area contributed by atoms with Crippen LogP contribution in [0, 0.1) is 0 Å². The number of aromatic nitrogens is 3. The van der Waals surface area contributed by atoms with Crippen LogP contribution in [0.25, 0.3) is 21.6 Å². The second kappa shape index (κ2) is 6.31. The molecule has 6 nitrogen and oxygen atoms in total. The first-order valence-electron chi connectivity index (χ1n) is 8.15. The van der Waals surface area contributed by atoms with Crippen molar-refractivity contribution in [2.45, 2.75) is 19.4 Å². The molecule has 26 heavy (non-hydrogen) atoms. The van der Waals surface area contributed by atoms with Crippen LogP contribution in [0.2, 0.25) is 0 Å². The number of hydrogen-bond acceptors (Lipinski definition) is 4. The lowest BCUT2D eigenvalue weighted by atomic mass is 10.2. The number of halogens is 2. The number of amides is 1. The number of thiophene rings is 1. The van der Waals surface area contributed by atoms with E-state index in [9.17, 15) is 18.4 Å². The minimum absolute atomic E-state index is 0.0384. The van der Waals surface area contributed by atoms with E-state index in [1.165, 1.54) is 31.9 Å². The van der Waals surface area contributed by atoms with E-state index in [4.69, 9.17) is 0 Å². The first kappa shape index (κ1) is 16.9. The van der Waals surface area contributed by atoms with Gasteiger partial charge in [0.05, 0.1) is 5.52 Å². The van der Waals surface area contributed by atoms with Crippen molar-refractivity contribution in [1.29, 1.82) is 0 Å². The Morgan fingerprint density at radius 2 is 2.12 bits per heavy atom. The highest BCUT2D eigenvalue weighted by Gasteiger charge is 2.23. The van der Waals surface area contributed by atoms with Crippen LogP contribution in [0.15, 0.2) is 28.5 Å². The van der Waals surface area contributed by atoms with E-state index in [0.717, 1.165) is 6.42 Å². The molecule has 3 aromatic rings. The van der Waals surface area contributed by atoms with Gasteiger partial charge in [-0.1, -0.05) is 0 Å². The fraction of sp³-hybridized carbons (Fsp3) is 0.353. The normalized spacial score (nSPS) is 14.2. The van der Waals surface area contributed by atoms with Crippen molar-refractivity contribution in [3.8, 4) is 10.4 Å². The summed E-state index contributed by atoms with van der Waals surface area (Å²) < 4.78 is 28.4. The molecule has 0 N–H and O–H groups in total. The molecule has 4 rings (SSSR count). The van der Waals surface area contributed by atoms with Gasteiger partial charge in [-0.3, -0.25) is 13.9 Å². The summed E-state index contributed by atoms with van der Waals surface area (Å²) in [4.78, 5) is 31.5. The van der Waals surface area contributed by atoms with Crippen LogP contribution in [0.3, 0.4) is 0 Å². The standard InChI is InChI=1S/C17H16F2N4O2S/c1-21-16-12(23(17(21)25)8-14(24)22-3-2-4-22)5-10(7-20-16)13-6-11(9-26-13)15(18)19/h5-7,9,15H,2-4,8H2,1H3. The zero-order valence-electron chi connectivity index (χ0n) is 14.0. The SMILES string of the molecule is Cn1c(=O)n(CC(=O)N2CCC2)c2cc(-c3cc(C(F)F)cs3)cnc21. The quantitative estimate of drug-likeness (QED) is 0.701. The monoisotopic (exact) mass is 378 g/mol. The summed E-state index contributed by atoms with van der Waals surface area (Å²) in [6.45, 7) is 1.38. The molecule has 9 heteroatoms. The van der Waals surface area contributed by atoms with E-state index in [0.29, 0.717) is 34.7 Å². The zero-order chi connectivity index (χ0) is 18.4. The Morgan fingerprint density at radius 3 is 2.73 bits per heavy atom. The van der Waals surface area contributed by atoms with E-state index in [-0.39, 0.29) is 23.7 Å². The molecule has 0 atom stereocenters. The Morgan fingerprint density at radius 1 is 1.35 bits per heavy atom. The van der Waals surface area contributed by atoms with Gasteiger partial charge in [0, 0.05) is 47.7 Å². The van der Waals surface area contributed by atoms with Crippen molar-refractivity contribution < 1.29 is 13.6 Å². The summed E-state index contributed by atoms with van der Waals surface area (Å²) in [6, 6.07) is 3.16. The fourth-order valence-corrected chi connectivity index (χ4v) is 3.87. The first-order chi connectivity index (χ1) is 12.5.